The van der Waals surface area contributed by atoms with Gasteiger partial charge in [-0.2, -0.15) is 0 Å². The number of hydrogen-bond acceptors (Lipinski definition) is 5. The maximum Gasteiger partial charge on any atom is 0.337 e. The second-order valence-electron chi connectivity index (χ2n) is 6.06. The molecule has 7 heteroatoms. The van der Waals surface area contributed by atoms with Gasteiger partial charge in [0.15, 0.2) is 0 Å². The number of aromatic nitrogens is 2. The summed E-state index contributed by atoms with van der Waals surface area (Å²) in [5.41, 5.74) is 1.63. The molecule has 0 radical (unpaired) electrons. The van der Waals surface area contributed by atoms with Crippen LogP contribution in [0.3, 0.4) is 0 Å². The molecule has 134 valence electrons. The van der Waals surface area contributed by atoms with E-state index in [0.29, 0.717) is 18.4 Å². The molecule has 0 aliphatic carbocycles. The number of carboxylic acid groups (broad SMARTS) is 1. The fourth-order valence-electron chi connectivity index (χ4n) is 2.70. The smallest absolute Gasteiger partial charge is 0.337 e. The fourth-order valence-corrected chi connectivity index (χ4v) is 3.61. The molecule has 26 heavy (non-hydrogen) atoms. The highest BCUT2D eigenvalue weighted by Crippen LogP contribution is 2.27. The van der Waals surface area contributed by atoms with Gasteiger partial charge in [-0.1, -0.05) is 0 Å². The van der Waals surface area contributed by atoms with Gasteiger partial charge in [-0.3, -0.25) is 4.79 Å². The number of aryl methyl sites for hydroxylation is 2. The number of carbonyl (C=O) groups excluding carboxylic acids is 1. The van der Waals surface area contributed by atoms with E-state index in [9.17, 15) is 19.8 Å². The summed E-state index contributed by atoms with van der Waals surface area (Å²) < 4.78 is 1.65. The maximum atomic E-state index is 12.2. The Labute approximate surface area is 154 Å². The highest BCUT2D eigenvalue weighted by Gasteiger charge is 2.16. The van der Waals surface area contributed by atoms with Crippen LogP contribution < -0.4 is 0 Å². The molecule has 0 saturated carbocycles. The molecule has 0 amide bonds. The Kier molecular flexibility index (Phi) is 5.18. The molecule has 1 aromatic carbocycles. The van der Waals surface area contributed by atoms with Gasteiger partial charge >= 0.3 is 5.97 Å². The van der Waals surface area contributed by atoms with Crippen LogP contribution in [-0.4, -0.2) is 31.5 Å². The molecule has 2 heterocycles. The third-order valence-electron chi connectivity index (χ3n) is 3.97. The van der Waals surface area contributed by atoms with Crippen molar-refractivity contribution in [3.63, 3.8) is 0 Å². The Bertz CT molecular complexity index is 941. The summed E-state index contributed by atoms with van der Waals surface area (Å²) in [6, 6.07) is 6.82. The zero-order valence-corrected chi connectivity index (χ0v) is 15.0. The van der Waals surface area contributed by atoms with Crippen molar-refractivity contribution < 1.29 is 19.8 Å². The number of hydrogen-bond donors (Lipinski definition) is 2. The molecule has 0 fully saturated rings. The van der Waals surface area contributed by atoms with Crippen LogP contribution in [0, 0.1) is 0 Å². The molecule has 3 aromatic rings. The van der Waals surface area contributed by atoms with Crippen molar-refractivity contribution in [2.75, 3.05) is 0 Å². The van der Waals surface area contributed by atoms with Crippen molar-refractivity contribution in [3.05, 3.63) is 58.9 Å². The molecule has 0 unspecified atom stereocenters. The first-order chi connectivity index (χ1) is 12.4. The SMILES string of the molecule is Cn1cc(CC(=O)CCc2cnc(-c3ccc(O)cc3)s2)c(C(=O)O)c1. The quantitative estimate of drug-likeness (QED) is 0.666. The van der Waals surface area contributed by atoms with E-state index in [1.807, 2.05) is 0 Å². The number of carbonyl (C=O) groups is 2. The number of Topliss-reactive ketones (excluding diaryl/α,β-unsaturated/α-hetero) is 1. The van der Waals surface area contributed by atoms with E-state index in [4.69, 9.17) is 0 Å². The molecule has 0 aliphatic heterocycles. The largest absolute Gasteiger partial charge is 0.508 e. The first kappa shape index (κ1) is 17.9. The van der Waals surface area contributed by atoms with E-state index in [1.165, 1.54) is 17.5 Å². The Morgan fingerprint density at radius 3 is 2.62 bits per heavy atom. The summed E-state index contributed by atoms with van der Waals surface area (Å²) in [6.07, 6.45) is 5.97. The Morgan fingerprint density at radius 1 is 1.19 bits per heavy atom. The molecular weight excluding hydrogens is 352 g/mol. The molecule has 0 aliphatic rings. The van der Waals surface area contributed by atoms with E-state index in [0.717, 1.165) is 15.4 Å². The van der Waals surface area contributed by atoms with Gasteiger partial charge in [0, 0.05) is 48.9 Å². The molecule has 2 N–H and O–H groups in total. The highest BCUT2D eigenvalue weighted by molar-refractivity contribution is 7.15. The van der Waals surface area contributed by atoms with Gasteiger partial charge in [0.1, 0.15) is 16.5 Å². The molecule has 6 nitrogen and oxygen atoms in total. The summed E-state index contributed by atoms with van der Waals surface area (Å²) in [6.45, 7) is 0. The Hall–Kier alpha value is -2.93. The molecule has 0 saturated heterocycles. The van der Waals surface area contributed by atoms with Crippen LogP contribution in [0.15, 0.2) is 42.9 Å². The number of phenolic OH excluding ortho intramolecular Hbond substituents is 1. The van der Waals surface area contributed by atoms with Gasteiger partial charge in [0.25, 0.3) is 0 Å². The summed E-state index contributed by atoms with van der Waals surface area (Å²) in [5, 5.41) is 19.4. The van der Waals surface area contributed by atoms with E-state index < -0.39 is 5.97 Å². The van der Waals surface area contributed by atoms with Crippen molar-refractivity contribution in [1.29, 1.82) is 0 Å². The van der Waals surface area contributed by atoms with Crippen LogP contribution in [0.25, 0.3) is 10.6 Å². The average molecular weight is 370 g/mol. The minimum atomic E-state index is -1.02. The van der Waals surface area contributed by atoms with Crippen LogP contribution in [-0.2, 0) is 24.7 Å². The predicted molar refractivity (Wildman–Crippen MR) is 98.6 cm³/mol. The van der Waals surface area contributed by atoms with E-state index in [1.54, 1.807) is 48.3 Å². The third-order valence-corrected chi connectivity index (χ3v) is 5.08. The molecule has 0 spiro atoms. The van der Waals surface area contributed by atoms with Crippen molar-refractivity contribution in [2.45, 2.75) is 19.3 Å². The van der Waals surface area contributed by atoms with Crippen LogP contribution >= 0.6 is 11.3 Å². The number of thiazole rings is 1. The summed E-state index contributed by atoms with van der Waals surface area (Å²) in [5.74, 6) is -0.814. The van der Waals surface area contributed by atoms with Gasteiger partial charge in [-0.05, 0) is 36.2 Å². The number of benzene rings is 1. The summed E-state index contributed by atoms with van der Waals surface area (Å²) >= 11 is 1.51. The number of rotatable bonds is 7. The van der Waals surface area contributed by atoms with Crippen molar-refractivity contribution in [2.24, 2.45) is 7.05 Å². The van der Waals surface area contributed by atoms with E-state index in [2.05, 4.69) is 4.98 Å². The second kappa shape index (κ2) is 7.53. The summed E-state index contributed by atoms with van der Waals surface area (Å²) in [4.78, 5) is 28.8. The Balaban J connectivity index is 1.60. The van der Waals surface area contributed by atoms with Crippen LogP contribution in [0.4, 0.5) is 0 Å². The molecular formula is C19H18N2O4S. The monoisotopic (exact) mass is 370 g/mol. The van der Waals surface area contributed by atoms with E-state index in [-0.39, 0.29) is 23.5 Å². The van der Waals surface area contributed by atoms with Gasteiger partial charge in [0.05, 0.1) is 5.56 Å². The number of ketones is 1. The number of aromatic carboxylic acids is 1. The number of phenols is 1. The lowest BCUT2D eigenvalue weighted by Gasteiger charge is -2.00. The first-order valence-electron chi connectivity index (χ1n) is 8.06. The zero-order valence-electron chi connectivity index (χ0n) is 14.2. The van der Waals surface area contributed by atoms with Crippen LogP contribution in [0.2, 0.25) is 0 Å². The Morgan fingerprint density at radius 2 is 1.92 bits per heavy atom. The highest BCUT2D eigenvalue weighted by atomic mass is 32.1. The fraction of sp³-hybridized carbons (Fsp3) is 0.211. The third kappa shape index (κ3) is 4.18. The van der Waals surface area contributed by atoms with Crippen molar-refractivity contribution in [1.82, 2.24) is 9.55 Å². The average Bonchev–Trinajstić information content (AvgIpc) is 3.20. The molecule has 3 rings (SSSR count). The van der Waals surface area contributed by atoms with Gasteiger partial charge in [-0.15, -0.1) is 11.3 Å². The molecule has 0 atom stereocenters. The predicted octanol–water partition coefficient (Wildman–Crippen LogP) is 3.30. The lowest BCUT2D eigenvalue weighted by atomic mass is 10.0. The summed E-state index contributed by atoms with van der Waals surface area (Å²) in [7, 11) is 1.74. The van der Waals surface area contributed by atoms with Gasteiger partial charge < -0.3 is 14.8 Å². The second-order valence-corrected chi connectivity index (χ2v) is 7.18. The first-order valence-corrected chi connectivity index (χ1v) is 8.88. The minimum Gasteiger partial charge on any atom is -0.508 e. The minimum absolute atomic E-state index is 0.00159. The lowest BCUT2D eigenvalue weighted by Crippen LogP contribution is -2.07. The van der Waals surface area contributed by atoms with Crippen molar-refractivity contribution in [3.8, 4) is 16.3 Å². The van der Waals surface area contributed by atoms with E-state index >= 15 is 0 Å². The molecule has 2 aromatic heterocycles. The number of carboxylic acids is 1. The van der Waals surface area contributed by atoms with Gasteiger partial charge in [-0.25, -0.2) is 9.78 Å². The van der Waals surface area contributed by atoms with Crippen LogP contribution in [0.1, 0.15) is 27.2 Å². The lowest BCUT2D eigenvalue weighted by molar-refractivity contribution is -0.118. The van der Waals surface area contributed by atoms with Gasteiger partial charge in [0.2, 0.25) is 0 Å². The van der Waals surface area contributed by atoms with Crippen molar-refractivity contribution >= 4 is 23.1 Å². The zero-order chi connectivity index (χ0) is 18.7. The molecule has 0 bridgehead atoms. The maximum absolute atomic E-state index is 12.2. The number of nitrogens with zero attached hydrogens (tertiary/aromatic N) is 2. The standard InChI is InChI=1S/C19H18N2O4S/c1-21-10-13(17(11-21)19(24)25)8-15(23)6-7-16-9-20-18(26-16)12-2-4-14(22)5-3-12/h2-5,9-11,22H,6-8H2,1H3,(H,24,25). The normalized spacial score (nSPS) is 10.8. The number of aromatic hydroxyl groups is 1. The topological polar surface area (TPSA) is 92.4 Å². The van der Waals surface area contributed by atoms with Crippen LogP contribution in [0.5, 0.6) is 5.75 Å².